The van der Waals surface area contributed by atoms with E-state index in [1.165, 1.54) is 11.0 Å². The van der Waals surface area contributed by atoms with Crippen molar-refractivity contribution in [1.29, 1.82) is 0 Å². The fourth-order valence-electron chi connectivity index (χ4n) is 1.48. The molecule has 100 valence electrons. The van der Waals surface area contributed by atoms with Crippen LogP contribution in [0.15, 0.2) is 17.5 Å². The Balaban J connectivity index is 2.56. The summed E-state index contributed by atoms with van der Waals surface area (Å²) in [5, 5.41) is 10.6. The standard InChI is InChI=1S/C13H20N2O2S/c1-14(2)7-8-15(3)10-12-11(6-9-18-12)4-5-13(16)17/h4-6,9H,7-8,10H2,1-3H3,(H,16,17)/b5-4+. The molecule has 0 amide bonds. The number of rotatable bonds is 7. The molecule has 4 nitrogen and oxygen atoms in total. The molecule has 0 radical (unpaired) electrons. The molecule has 18 heavy (non-hydrogen) atoms. The van der Waals surface area contributed by atoms with Gasteiger partial charge >= 0.3 is 5.97 Å². The lowest BCUT2D eigenvalue weighted by atomic mass is 10.2. The summed E-state index contributed by atoms with van der Waals surface area (Å²) >= 11 is 1.66. The van der Waals surface area contributed by atoms with E-state index in [0.29, 0.717) is 0 Å². The van der Waals surface area contributed by atoms with Crippen molar-refractivity contribution >= 4 is 23.4 Å². The number of carboxylic acids is 1. The van der Waals surface area contributed by atoms with Gasteiger partial charge in [0.05, 0.1) is 0 Å². The van der Waals surface area contributed by atoms with Crippen LogP contribution in [0.5, 0.6) is 0 Å². The number of nitrogens with zero attached hydrogens (tertiary/aromatic N) is 2. The first-order chi connectivity index (χ1) is 8.49. The highest BCUT2D eigenvalue weighted by atomic mass is 32.1. The van der Waals surface area contributed by atoms with Gasteiger partial charge in [0, 0.05) is 30.6 Å². The van der Waals surface area contributed by atoms with Gasteiger partial charge < -0.3 is 14.9 Å². The molecule has 1 N–H and O–H groups in total. The molecule has 0 saturated heterocycles. The molecule has 0 atom stereocenters. The summed E-state index contributed by atoms with van der Waals surface area (Å²) in [4.78, 5) is 16.1. The van der Waals surface area contributed by atoms with Crippen LogP contribution in [0.25, 0.3) is 6.08 Å². The molecular formula is C13H20N2O2S. The smallest absolute Gasteiger partial charge is 0.328 e. The predicted molar refractivity (Wildman–Crippen MR) is 75.9 cm³/mol. The number of likely N-dealkylation sites (N-methyl/N-ethyl adjacent to an activating group) is 2. The summed E-state index contributed by atoms with van der Waals surface area (Å²) < 4.78 is 0. The zero-order valence-corrected chi connectivity index (χ0v) is 11.9. The Morgan fingerprint density at radius 2 is 2.11 bits per heavy atom. The molecule has 0 aliphatic rings. The van der Waals surface area contributed by atoms with E-state index in [1.54, 1.807) is 17.4 Å². The molecular weight excluding hydrogens is 248 g/mol. The summed E-state index contributed by atoms with van der Waals surface area (Å²) in [5.41, 5.74) is 0.999. The second-order valence-electron chi connectivity index (χ2n) is 4.51. The number of carboxylic acid groups (broad SMARTS) is 1. The molecule has 0 bridgehead atoms. The van der Waals surface area contributed by atoms with Crippen molar-refractivity contribution in [2.24, 2.45) is 0 Å². The molecule has 5 heteroatoms. The van der Waals surface area contributed by atoms with E-state index in [4.69, 9.17) is 5.11 Å². The third-order valence-corrected chi connectivity index (χ3v) is 3.45. The highest BCUT2D eigenvalue weighted by Crippen LogP contribution is 2.19. The third kappa shape index (κ3) is 5.44. The van der Waals surface area contributed by atoms with Crippen LogP contribution in [0.2, 0.25) is 0 Å². The van der Waals surface area contributed by atoms with Crippen molar-refractivity contribution in [3.63, 3.8) is 0 Å². The summed E-state index contributed by atoms with van der Waals surface area (Å²) in [7, 11) is 6.19. The average molecular weight is 268 g/mol. The van der Waals surface area contributed by atoms with Crippen LogP contribution in [0.1, 0.15) is 10.4 Å². The quantitative estimate of drug-likeness (QED) is 0.766. The van der Waals surface area contributed by atoms with Gasteiger partial charge in [0.2, 0.25) is 0 Å². The van der Waals surface area contributed by atoms with Gasteiger partial charge in [-0.05, 0) is 44.2 Å². The maximum absolute atomic E-state index is 10.5. The first-order valence-electron chi connectivity index (χ1n) is 5.79. The molecule has 0 fully saturated rings. The summed E-state index contributed by atoms with van der Waals surface area (Å²) in [6.45, 7) is 2.86. The molecule has 0 aromatic carbocycles. The largest absolute Gasteiger partial charge is 0.478 e. The van der Waals surface area contributed by atoms with Gasteiger partial charge in [0.1, 0.15) is 0 Å². The molecule has 0 saturated carbocycles. The lowest BCUT2D eigenvalue weighted by Crippen LogP contribution is -2.28. The highest BCUT2D eigenvalue weighted by Gasteiger charge is 2.06. The number of carbonyl (C=O) groups is 1. The van der Waals surface area contributed by atoms with Crippen LogP contribution in [0.3, 0.4) is 0 Å². The minimum atomic E-state index is -0.909. The fourth-order valence-corrected chi connectivity index (χ4v) is 2.43. The summed E-state index contributed by atoms with van der Waals surface area (Å²) in [5.74, 6) is -0.909. The number of aliphatic carboxylic acids is 1. The minimum absolute atomic E-state index is 0.852. The van der Waals surface area contributed by atoms with Crippen molar-refractivity contribution in [1.82, 2.24) is 9.80 Å². The van der Waals surface area contributed by atoms with E-state index in [0.717, 1.165) is 25.2 Å². The monoisotopic (exact) mass is 268 g/mol. The minimum Gasteiger partial charge on any atom is -0.478 e. The molecule has 0 unspecified atom stereocenters. The lowest BCUT2D eigenvalue weighted by molar-refractivity contribution is -0.131. The van der Waals surface area contributed by atoms with Crippen molar-refractivity contribution in [2.75, 3.05) is 34.2 Å². The molecule has 1 heterocycles. The van der Waals surface area contributed by atoms with E-state index in [-0.39, 0.29) is 0 Å². The fraction of sp³-hybridized carbons (Fsp3) is 0.462. The van der Waals surface area contributed by atoms with E-state index in [1.807, 2.05) is 11.4 Å². The van der Waals surface area contributed by atoms with E-state index in [9.17, 15) is 4.79 Å². The van der Waals surface area contributed by atoms with Gasteiger partial charge in [-0.1, -0.05) is 0 Å². The van der Waals surface area contributed by atoms with Gasteiger partial charge in [0.15, 0.2) is 0 Å². The zero-order chi connectivity index (χ0) is 13.5. The molecule has 0 aliphatic heterocycles. The molecule has 0 aliphatic carbocycles. The van der Waals surface area contributed by atoms with E-state index in [2.05, 4.69) is 30.9 Å². The number of thiophene rings is 1. The van der Waals surface area contributed by atoms with Crippen molar-refractivity contribution in [2.45, 2.75) is 6.54 Å². The summed E-state index contributed by atoms with van der Waals surface area (Å²) in [6, 6.07) is 1.96. The van der Waals surface area contributed by atoms with Crippen LogP contribution < -0.4 is 0 Å². The molecule has 1 aromatic rings. The topological polar surface area (TPSA) is 43.8 Å². The molecule has 0 spiro atoms. The average Bonchev–Trinajstić information content (AvgIpc) is 2.71. The third-order valence-electron chi connectivity index (χ3n) is 2.53. The molecule has 1 rings (SSSR count). The second kappa shape index (κ2) is 7.31. The normalized spacial score (nSPS) is 11.8. The van der Waals surface area contributed by atoms with Crippen LogP contribution in [-0.2, 0) is 11.3 Å². The maximum Gasteiger partial charge on any atom is 0.328 e. The van der Waals surface area contributed by atoms with Gasteiger partial charge in [-0.25, -0.2) is 4.79 Å². The Hall–Kier alpha value is -1.17. The number of hydrogen-bond acceptors (Lipinski definition) is 4. The first-order valence-corrected chi connectivity index (χ1v) is 6.67. The Bertz CT molecular complexity index is 413. The Kier molecular flexibility index (Phi) is 6.04. The van der Waals surface area contributed by atoms with Gasteiger partial charge in [-0.15, -0.1) is 11.3 Å². The lowest BCUT2D eigenvalue weighted by Gasteiger charge is -2.18. The SMILES string of the molecule is CN(C)CCN(C)Cc1sccc1/C=C/C(=O)O. The maximum atomic E-state index is 10.5. The van der Waals surface area contributed by atoms with Crippen molar-refractivity contribution < 1.29 is 9.90 Å². The van der Waals surface area contributed by atoms with Crippen LogP contribution in [-0.4, -0.2) is 55.1 Å². The van der Waals surface area contributed by atoms with Gasteiger partial charge in [-0.2, -0.15) is 0 Å². The van der Waals surface area contributed by atoms with Gasteiger partial charge in [0.25, 0.3) is 0 Å². The Labute approximate surface area is 112 Å². The highest BCUT2D eigenvalue weighted by molar-refractivity contribution is 7.10. The van der Waals surface area contributed by atoms with E-state index < -0.39 is 5.97 Å². The molecule has 1 aromatic heterocycles. The van der Waals surface area contributed by atoms with E-state index >= 15 is 0 Å². The number of hydrogen-bond donors (Lipinski definition) is 1. The van der Waals surface area contributed by atoms with Crippen LogP contribution in [0.4, 0.5) is 0 Å². The Morgan fingerprint density at radius 3 is 2.72 bits per heavy atom. The van der Waals surface area contributed by atoms with Crippen molar-refractivity contribution in [3.8, 4) is 0 Å². The van der Waals surface area contributed by atoms with Gasteiger partial charge in [-0.3, -0.25) is 0 Å². The van der Waals surface area contributed by atoms with Crippen LogP contribution in [0, 0.1) is 0 Å². The summed E-state index contributed by atoms with van der Waals surface area (Å²) in [6.07, 6.45) is 2.85. The predicted octanol–water partition coefficient (Wildman–Crippen LogP) is 1.84. The Morgan fingerprint density at radius 1 is 1.39 bits per heavy atom. The zero-order valence-electron chi connectivity index (χ0n) is 11.1. The second-order valence-corrected chi connectivity index (χ2v) is 5.51. The van der Waals surface area contributed by atoms with Crippen LogP contribution >= 0.6 is 11.3 Å². The first kappa shape index (κ1) is 14.9. The van der Waals surface area contributed by atoms with Crippen molar-refractivity contribution in [3.05, 3.63) is 28.0 Å².